The first-order valence-electron chi connectivity index (χ1n) is 8.53. The van der Waals surface area contributed by atoms with Crippen LogP contribution in [0, 0.1) is 13.8 Å². The molecule has 25 heavy (non-hydrogen) atoms. The minimum absolute atomic E-state index is 0.125. The van der Waals surface area contributed by atoms with E-state index in [1.165, 1.54) is 0 Å². The molecule has 1 fully saturated rings. The van der Waals surface area contributed by atoms with Crippen LogP contribution in [0.1, 0.15) is 29.4 Å². The zero-order valence-electron chi connectivity index (χ0n) is 14.9. The lowest BCUT2D eigenvalue weighted by molar-refractivity contribution is -0.129. The van der Waals surface area contributed by atoms with E-state index in [0.29, 0.717) is 13.1 Å². The number of hydrogen-bond acceptors (Lipinski definition) is 6. The minimum atomic E-state index is 0.125. The van der Waals surface area contributed by atoms with Crippen LogP contribution in [0.15, 0.2) is 24.4 Å². The van der Waals surface area contributed by atoms with E-state index in [1.54, 1.807) is 13.2 Å². The van der Waals surface area contributed by atoms with Crippen molar-refractivity contribution in [3.05, 3.63) is 41.5 Å². The Morgan fingerprint density at radius 2 is 2.20 bits per heavy atom. The molecule has 0 aliphatic carbocycles. The predicted molar refractivity (Wildman–Crippen MR) is 96.9 cm³/mol. The van der Waals surface area contributed by atoms with Crippen molar-refractivity contribution in [2.45, 2.75) is 26.2 Å². The first-order valence-corrected chi connectivity index (χ1v) is 8.53. The fourth-order valence-electron chi connectivity index (χ4n) is 3.04. The van der Waals surface area contributed by atoms with E-state index in [9.17, 15) is 4.79 Å². The Hall–Kier alpha value is -2.54. The van der Waals surface area contributed by atoms with Crippen LogP contribution in [0.3, 0.4) is 0 Å². The highest BCUT2D eigenvalue weighted by Gasteiger charge is 2.29. The molecular formula is C18H24N6O. The van der Waals surface area contributed by atoms with Gasteiger partial charge >= 0.3 is 0 Å². The molecule has 7 nitrogen and oxygen atoms in total. The fourth-order valence-corrected chi connectivity index (χ4v) is 3.04. The SMILES string of the molecule is CNCC(=O)N1CC[C@H](c2nc(C)cc(Nc3ncccc3C)n2)C1. The van der Waals surface area contributed by atoms with E-state index >= 15 is 0 Å². The van der Waals surface area contributed by atoms with Crippen LogP contribution in [0.2, 0.25) is 0 Å². The molecular weight excluding hydrogens is 316 g/mol. The summed E-state index contributed by atoms with van der Waals surface area (Å²) in [6, 6.07) is 5.83. The number of pyridine rings is 1. The molecule has 3 rings (SSSR count). The van der Waals surface area contributed by atoms with Crippen LogP contribution >= 0.6 is 0 Å². The molecule has 2 aromatic rings. The number of rotatable bonds is 5. The summed E-state index contributed by atoms with van der Waals surface area (Å²) in [5.74, 6) is 2.62. The van der Waals surface area contributed by atoms with Gasteiger partial charge in [0, 0.05) is 37.0 Å². The van der Waals surface area contributed by atoms with Gasteiger partial charge in [-0.1, -0.05) is 6.07 Å². The Morgan fingerprint density at radius 3 is 2.96 bits per heavy atom. The van der Waals surface area contributed by atoms with Crippen LogP contribution in [0.5, 0.6) is 0 Å². The monoisotopic (exact) mass is 340 g/mol. The molecule has 1 aliphatic heterocycles. The molecule has 0 saturated carbocycles. The van der Waals surface area contributed by atoms with Crippen molar-refractivity contribution in [2.24, 2.45) is 0 Å². The molecule has 7 heteroatoms. The number of carbonyl (C=O) groups is 1. The molecule has 0 bridgehead atoms. The third-order valence-electron chi connectivity index (χ3n) is 4.36. The van der Waals surface area contributed by atoms with Crippen molar-refractivity contribution in [2.75, 3.05) is 32.0 Å². The van der Waals surface area contributed by atoms with Crippen LogP contribution in [-0.4, -0.2) is 52.4 Å². The number of carbonyl (C=O) groups excluding carboxylic acids is 1. The normalized spacial score (nSPS) is 16.9. The first-order chi connectivity index (χ1) is 12.1. The average molecular weight is 340 g/mol. The summed E-state index contributed by atoms with van der Waals surface area (Å²) < 4.78 is 0. The van der Waals surface area contributed by atoms with Gasteiger partial charge in [0.05, 0.1) is 6.54 Å². The van der Waals surface area contributed by atoms with Crippen molar-refractivity contribution in [1.82, 2.24) is 25.2 Å². The number of nitrogens with zero attached hydrogens (tertiary/aromatic N) is 4. The smallest absolute Gasteiger partial charge is 0.236 e. The molecule has 0 unspecified atom stereocenters. The third kappa shape index (κ3) is 4.11. The van der Waals surface area contributed by atoms with E-state index in [1.807, 2.05) is 36.9 Å². The van der Waals surface area contributed by atoms with Gasteiger partial charge in [0.1, 0.15) is 17.5 Å². The average Bonchev–Trinajstić information content (AvgIpc) is 3.07. The Morgan fingerprint density at radius 1 is 1.36 bits per heavy atom. The number of likely N-dealkylation sites (tertiary alicyclic amines) is 1. The molecule has 0 radical (unpaired) electrons. The molecule has 0 spiro atoms. The van der Waals surface area contributed by atoms with Crippen LogP contribution in [0.4, 0.5) is 11.6 Å². The fraction of sp³-hybridized carbons (Fsp3) is 0.444. The van der Waals surface area contributed by atoms with Crippen molar-refractivity contribution in [1.29, 1.82) is 0 Å². The molecule has 1 amide bonds. The minimum Gasteiger partial charge on any atom is -0.341 e. The lowest BCUT2D eigenvalue weighted by atomic mass is 10.1. The van der Waals surface area contributed by atoms with Gasteiger partial charge in [-0.15, -0.1) is 0 Å². The molecule has 3 heterocycles. The predicted octanol–water partition coefficient (Wildman–Crippen LogP) is 1.77. The highest BCUT2D eigenvalue weighted by molar-refractivity contribution is 5.78. The van der Waals surface area contributed by atoms with Crippen LogP contribution in [0.25, 0.3) is 0 Å². The van der Waals surface area contributed by atoms with E-state index < -0.39 is 0 Å². The third-order valence-corrected chi connectivity index (χ3v) is 4.36. The van der Waals surface area contributed by atoms with E-state index in [4.69, 9.17) is 0 Å². The number of aromatic nitrogens is 3. The lowest BCUT2D eigenvalue weighted by Gasteiger charge is -2.16. The highest BCUT2D eigenvalue weighted by Crippen LogP contribution is 2.26. The first kappa shape index (κ1) is 17.3. The number of nitrogens with one attached hydrogen (secondary N) is 2. The summed E-state index contributed by atoms with van der Waals surface area (Å²) in [6.07, 6.45) is 2.65. The maximum absolute atomic E-state index is 12.0. The zero-order chi connectivity index (χ0) is 17.8. The second-order valence-electron chi connectivity index (χ2n) is 6.40. The Kier molecular flexibility index (Phi) is 5.23. The molecule has 132 valence electrons. The number of hydrogen-bond donors (Lipinski definition) is 2. The molecule has 2 aromatic heterocycles. The number of aryl methyl sites for hydroxylation is 2. The summed E-state index contributed by atoms with van der Waals surface area (Å²) in [6.45, 7) is 5.76. The summed E-state index contributed by atoms with van der Waals surface area (Å²) in [4.78, 5) is 27.5. The molecule has 1 atom stereocenters. The Bertz CT molecular complexity index is 763. The van der Waals surface area contributed by atoms with Gasteiger partial charge in [-0.2, -0.15) is 0 Å². The van der Waals surface area contributed by atoms with Gasteiger partial charge < -0.3 is 15.5 Å². The Balaban J connectivity index is 1.76. The maximum atomic E-state index is 12.0. The van der Waals surface area contributed by atoms with Crippen LogP contribution in [-0.2, 0) is 4.79 Å². The Labute approximate surface area is 147 Å². The van der Waals surface area contributed by atoms with Gasteiger partial charge in [-0.05, 0) is 38.9 Å². The number of likely N-dealkylation sites (N-methyl/N-ethyl adjacent to an activating group) is 1. The lowest BCUT2D eigenvalue weighted by Crippen LogP contribution is -2.35. The second-order valence-corrected chi connectivity index (χ2v) is 6.40. The van der Waals surface area contributed by atoms with Crippen molar-refractivity contribution in [3.8, 4) is 0 Å². The highest BCUT2D eigenvalue weighted by atomic mass is 16.2. The molecule has 1 saturated heterocycles. The summed E-state index contributed by atoms with van der Waals surface area (Å²) in [5, 5.41) is 6.19. The van der Waals surface area contributed by atoms with Gasteiger partial charge in [0.2, 0.25) is 5.91 Å². The standard InChI is InChI=1S/C18H24N6O/c1-12-5-4-7-20-17(12)22-15-9-13(2)21-18(23-15)14-6-8-24(11-14)16(25)10-19-3/h4-5,7,9,14,19H,6,8,10-11H2,1-3H3,(H,20,21,22,23)/t14-/m0/s1. The van der Waals surface area contributed by atoms with E-state index in [2.05, 4.69) is 25.6 Å². The summed E-state index contributed by atoms with van der Waals surface area (Å²) >= 11 is 0. The molecule has 1 aliphatic rings. The van der Waals surface area contributed by atoms with Gasteiger partial charge in [0.15, 0.2) is 0 Å². The summed E-state index contributed by atoms with van der Waals surface area (Å²) in [5.41, 5.74) is 1.96. The van der Waals surface area contributed by atoms with Crippen LogP contribution < -0.4 is 10.6 Å². The quantitative estimate of drug-likeness (QED) is 0.863. The van der Waals surface area contributed by atoms with Gasteiger partial charge in [-0.25, -0.2) is 15.0 Å². The zero-order valence-corrected chi connectivity index (χ0v) is 14.9. The summed E-state index contributed by atoms with van der Waals surface area (Å²) in [7, 11) is 1.78. The van der Waals surface area contributed by atoms with E-state index in [-0.39, 0.29) is 11.8 Å². The molecule has 2 N–H and O–H groups in total. The molecule has 0 aromatic carbocycles. The van der Waals surface area contributed by atoms with E-state index in [0.717, 1.165) is 41.7 Å². The second kappa shape index (κ2) is 7.57. The van der Waals surface area contributed by atoms with Gasteiger partial charge in [0.25, 0.3) is 0 Å². The van der Waals surface area contributed by atoms with Crippen molar-refractivity contribution < 1.29 is 4.79 Å². The topological polar surface area (TPSA) is 83.0 Å². The number of amides is 1. The van der Waals surface area contributed by atoms with Crippen molar-refractivity contribution in [3.63, 3.8) is 0 Å². The van der Waals surface area contributed by atoms with Crippen molar-refractivity contribution >= 4 is 17.5 Å². The maximum Gasteiger partial charge on any atom is 0.236 e. The number of anilines is 2. The van der Waals surface area contributed by atoms with Gasteiger partial charge in [-0.3, -0.25) is 4.79 Å². The largest absolute Gasteiger partial charge is 0.341 e.